The summed E-state index contributed by atoms with van der Waals surface area (Å²) in [6.07, 6.45) is 1.93. The molecule has 1 aromatic heterocycles. The number of hydrogen-bond acceptors (Lipinski definition) is 5. The van der Waals surface area contributed by atoms with E-state index < -0.39 is 0 Å². The summed E-state index contributed by atoms with van der Waals surface area (Å²) in [4.78, 5) is 26.6. The number of piperazine rings is 1. The Morgan fingerprint density at radius 2 is 1.88 bits per heavy atom. The Labute approximate surface area is 194 Å². The van der Waals surface area contributed by atoms with Crippen molar-refractivity contribution in [3.05, 3.63) is 58.2 Å². The standard InChI is InChI=1S/C25H30ClN5O/c1-4-18-5-6-19(22(26)15-18)7-10-24(32)28-20-8-9-23-21(16-20)17(2)27-25(29-23)31-13-11-30(3)12-14-31/h5-6,8-9,15-16H,4,7,10-14H2,1-3H3,(H,28,32). The van der Waals surface area contributed by atoms with Gasteiger partial charge in [-0.2, -0.15) is 0 Å². The summed E-state index contributed by atoms with van der Waals surface area (Å²) in [5.74, 6) is 0.749. The molecule has 0 aliphatic carbocycles. The molecule has 0 atom stereocenters. The zero-order valence-corrected chi connectivity index (χ0v) is 19.7. The van der Waals surface area contributed by atoms with E-state index in [1.807, 2.05) is 37.3 Å². The lowest BCUT2D eigenvalue weighted by Crippen LogP contribution is -2.45. The maximum atomic E-state index is 12.5. The number of rotatable bonds is 6. The number of benzene rings is 2. The zero-order valence-electron chi connectivity index (χ0n) is 19.0. The molecule has 2 aromatic carbocycles. The van der Waals surface area contributed by atoms with Gasteiger partial charge in [0.25, 0.3) is 0 Å². The minimum Gasteiger partial charge on any atom is -0.338 e. The first-order chi connectivity index (χ1) is 15.4. The molecule has 1 saturated heterocycles. The van der Waals surface area contributed by atoms with E-state index in [9.17, 15) is 4.79 Å². The largest absolute Gasteiger partial charge is 0.338 e. The van der Waals surface area contributed by atoms with Gasteiger partial charge in [0.05, 0.1) is 11.2 Å². The number of aryl methyl sites for hydroxylation is 3. The van der Waals surface area contributed by atoms with Crippen LogP contribution in [0, 0.1) is 6.92 Å². The van der Waals surface area contributed by atoms with Gasteiger partial charge in [0.15, 0.2) is 0 Å². The van der Waals surface area contributed by atoms with Crippen LogP contribution in [0.2, 0.25) is 5.02 Å². The average Bonchev–Trinajstić information content (AvgIpc) is 2.79. The van der Waals surface area contributed by atoms with Gasteiger partial charge in [-0.1, -0.05) is 30.7 Å². The van der Waals surface area contributed by atoms with Crippen LogP contribution in [0.1, 0.15) is 30.2 Å². The Balaban J connectivity index is 1.42. The van der Waals surface area contributed by atoms with E-state index in [-0.39, 0.29) is 5.91 Å². The first-order valence-corrected chi connectivity index (χ1v) is 11.6. The van der Waals surface area contributed by atoms with Gasteiger partial charge in [0.2, 0.25) is 11.9 Å². The topological polar surface area (TPSA) is 61.4 Å². The summed E-state index contributed by atoms with van der Waals surface area (Å²) in [6, 6.07) is 11.9. The van der Waals surface area contributed by atoms with Crippen molar-refractivity contribution in [2.75, 3.05) is 43.4 Å². The summed E-state index contributed by atoms with van der Waals surface area (Å²) in [6.45, 7) is 7.99. The van der Waals surface area contributed by atoms with E-state index in [0.717, 1.165) is 71.4 Å². The van der Waals surface area contributed by atoms with E-state index in [0.29, 0.717) is 12.8 Å². The number of amides is 1. The smallest absolute Gasteiger partial charge is 0.226 e. The normalized spacial score (nSPS) is 14.7. The summed E-state index contributed by atoms with van der Waals surface area (Å²) < 4.78 is 0. The van der Waals surface area contributed by atoms with E-state index >= 15 is 0 Å². The monoisotopic (exact) mass is 451 g/mol. The van der Waals surface area contributed by atoms with Crippen LogP contribution in [-0.4, -0.2) is 54.0 Å². The molecule has 0 bridgehead atoms. The second-order valence-corrected chi connectivity index (χ2v) is 8.87. The van der Waals surface area contributed by atoms with E-state index in [4.69, 9.17) is 21.6 Å². The van der Waals surface area contributed by atoms with Crippen LogP contribution in [0.3, 0.4) is 0 Å². The number of aromatic nitrogens is 2. The van der Waals surface area contributed by atoms with Crippen molar-refractivity contribution in [2.24, 2.45) is 0 Å². The van der Waals surface area contributed by atoms with Gasteiger partial charge in [-0.15, -0.1) is 0 Å². The fraction of sp³-hybridized carbons (Fsp3) is 0.400. The Morgan fingerprint density at radius 3 is 2.59 bits per heavy atom. The molecule has 7 heteroatoms. The molecule has 3 aromatic rings. The van der Waals surface area contributed by atoms with E-state index in [1.54, 1.807) is 0 Å². The number of carbonyl (C=O) groups excluding carboxylic acids is 1. The average molecular weight is 452 g/mol. The zero-order chi connectivity index (χ0) is 22.7. The van der Waals surface area contributed by atoms with Crippen molar-refractivity contribution in [1.29, 1.82) is 0 Å². The van der Waals surface area contributed by atoms with Crippen LogP contribution in [0.15, 0.2) is 36.4 Å². The summed E-state index contributed by atoms with van der Waals surface area (Å²) in [5, 5.41) is 4.69. The highest BCUT2D eigenvalue weighted by atomic mass is 35.5. The molecular formula is C25H30ClN5O. The number of halogens is 1. The molecule has 1 aliphatic rings. The molecule has 0 saturated carbocycles. The fourth-order valence-corrected chi connectivity index (χ4v) is 4.27. The summed E-state index contributed by atoms with van der Waals surface area (Å²) in [7, 11) is 2.14. The van der Waals surface area contributed by atoms with Crippen LogP contribution in [0.25, 0.3) is 10.9 Å². The lowest BCUT2D eigenvalue weighted by atomic mass is 10.1. The van der Waals surface area contributed by atoms with Gasteiger partial charge in [-0.25, -0.2) is 9.97 Å². The lowest BCUT2D eigenvalue weighted by Gasteiger charge is -2.32. The third-order valence-electron chi connectivity index (χ3n) is 6.09. The highest BCUT2D eigenvalue weighted by molar-refractivity contribution is 6.31. The molecule has 4 rings (SSSR count). The molecule has 0 radical (unpaired) electrons. The summed E-state index contributed by atoms with van der Waals surface area (Å²) >= 11 is 6.36. The number of anilines is 2. The predicted octanol–water partition coefficient (Wildman–Crippen LogP) is 4.48. The maximum Gasteiger partial charge on any atom is 0.226 e. The van der Waals surface area contributed by atoms with Crippen molar-refractivity contribution in [2.45, 2.75) is 33.1 Å². The highest BCUT2D eigenvalue weighted by Crippen LogP contribution is 2.24. The van der Waals surface area contributed by atoms with Crippen LogP contribution < -0.4 is 10.2 Å². The Kier molecular flexibility index (Phi) is 6.92. The first kappa shape index (κ1) is 22.5. The van der Waals surface area contributed by atoms with Crippen LogP contribution in [0.4, 0.5) is 11.6 Å². The minimum atomic E-state index is -0.0346. The Bertz CT molecular complexity index is 1120. The van der Waals surface area contributed by atoms with Crippen LogP contribution in [0.5, 0.6) is 0 Å². The van der Waals surface area contributed by atoms with Crippen molar-refractivity contribution in [1.82, 2.24) is 14.9 Å². The van der Waals surface area contributed by atoms with Gasteiger partial charge >= 0.3 is 0 Å². The molecular weight excluding hydrogens is 422 g/mol. The number of hydrogen-bond donors (Lipinski definition) is 1. The number of nitrogens with zero attached hydrogens (tertiary/aromatic N) is 4. The second kappa shape index (κ2) is 9.84. The Morgan fingerprint density at radius 1 is 1.09 bits per heavy atom. The molecule has 168 valence electrons. The minimum absolute atomic E-state index is 0.0346. The Hall–Kier alpha value is -2.70. The SMILES string of the molecule is CCc1ccc(CCC(=O)Nc2ccc3nc(N4CCN(C)CC4)nc(C)c3c2)c(Cl)c1. The maximum absolute atomic E-state index is 12.5. The van der Waals surface area contributed by atoms with Crippen LogP contribution >= 0.6 is 11.6 Å². The fourth-order valence-electron chi connectivity index (χ4n) is 3.98. The molecule has 0 spiro atoms. The number of fused-ring (bicyclic) bond motifs is 1. The molecule has 6 nitrogen and oxygen atoms in total. The van der Waals surface area contributed by atoms with Gasteiger partial charge < -0.3 is 15.1 Å². The van der Waals surface area contributed by atoms with Crippen molar-refractivity contribution < 1.29 is 4.79 Å². The third kappa shape index (κ3) is 5.19. The molecule has 0 unspecified atom stereocenters. The number of carbonyl (C=O) groups is 1. The van der Waals surface area contributed by atoms with Crippen molar-refractivity contribution in [3.8, 4) is 0 Å². The van der Waals surface area contributed by atoms with Crippen LogP contribution in [-0.2, 0) is 17.6 Å². The first-order valence-electron chi connectivity index (χ1n) is 11.2. The second-order valence-electron chi connectivity index (χ2n) is 8.46. The number of nitrogens with one attached hydrogen (secondary N) is 1. The molecule has 1 N–H and O–H groups in total. The molecule has 1 aliphatic heterocycles. The molecule has 1 fully saturated rings. The van der Waals surface area contributed by atoms with Gasteiger partial charge in [-0.3, -0.25) is 4.79 Å². The van der Waals surface area contributed by atoms with Gasteiger partial charge in [0.1, 0.15) is 0 Å². The van der Waals surface area contributed by atoms with E-state index in [1.165, 1.54) is 5.56 Å². The molecule has 32 heavy (non-hydrogen) atoms. The third-order valence-corrected chi connectivity index (χ3v) is 6.44. The number of likely N-dealkylation sites (N-methyl/N-ethyl adjacent to an activating group) is 1. The van der Waals surface area contributed by atoms with Crippen molar-refractivity contribution in [3.63, 3.8) is 0 Å². The highest BCUT2D eigenvalue weighted by Gasteiger charge is 2.18. The summed E-state index contributed by atoms with van der Waals surface area (Å²) in [5.41, 5.74) is 4.77. The van der Waals surface area contributed by atoms with E-state index in [2.05, 4.69) is 35.2 Å². The lowest BCUT2D eigenvalue weighted by molar-refractivity contribution is -0.116. The molecule has 1 amide bonds. The quantitative estimate of drug-likeness (QED) is 0.598. The molecule has 2 heterocycles. The van der Waals surface area contributed by atoms with Crippen molar-refractivity contribution >= 4 is 40.0 Å². The predicted molar refractivity (Wildman–Crippen MR) is 132 cm³/mol. The van der Waals surface area contributed by atoms with Gasteiger partial charge in [0, 0.05) is 48.7 Å². The van der Waals surface area contributed by atoms with Gasteiger partial charge in [-0.05, 0) is 62.2 Å².